The van der Waals surface area contributed by atoms with E-state index in [9.17, 15) is 0 Å². The fourth-order valence-electron chi connectivity index (χ4n) is 5.70. The van der Waals surface area contributed by atoms with Gasteiger partial charge in [0.2, 0.25) is 0 Å². The normalized spacial score (nSPS) is 11.8. The van der Waals surface area contributed by atoms with Gasteiger partial charge in [-0.2, -0.15) is 0 Å². The summed E-state index contributed by atoms with van der Waals surface area (Å²) in [7, 11) is 0. The van der Waals surface area contributed by atoms with Crippen LogP contribution in [0.4, 0.5) is 11.4 Å². The van der Waals surface area contributed by atoms with Crippen molar-refractivity contribution in [2.75, 3.05) is 5.32 Å². The molecule has 8 rings (SSSR count). The molecule has 0 atom stereocenters. The van der Waals surface area contributed by atoms with Crippen molar-refractivity contribution in [3.05, 3.63) is 127 Å². The molecule has 0 saturated heterocycles. The molecule has 3 heteroatoms. The molecule has 0 fully saturated rings. The van der Waals surface area contributed by atoms with Gasteiger partial charge in [0.25, 0.3) is 0 Å². The SMILES string of the molecule is c1ccc(-n2c3cc(Nc4cccc5c4oc4ccccc45)ccc3c3ccc4ccccc4c32)cc1. The summed E-state index contributed by atoms with van der Waals surface area (Å²) in [5, 5.41) is 10.9. The molecule has 0 unspecified atom stereocenters. The number of furan rings is 1. The molecular weight excluding hydrogens is 452 g/mol. The van der Waals surface area contributed by atoms with Gasteiger partial charge in [-0.15, -0.1) is 0 Å². The average molecular weight is 475 g/mol. The highest BCUT2D eigenvalue weighted by molar-refractivity contribution is 6.19. The van der Waals surface area contributed by atoms with Crippen molar-refractivity contribution in [3.8, 4) is 5.69 Å². The zero-order valence-corrected chi connectivity index (χ0v) is 20.0. The van der Waals surface area contributed by atoms with Crippen LogP contribution in [0.2, 0.25) is 0 Å². The Balaban J connectivity index is 1.38. The van der Waals surface area contributed by atoms with Crippen molar-refractivity contribution in [1.82, 2.24) is 4.57 Å². The predicted molar refractivity (Wildman–Crippen MR) is 155 cm³/mol. The summed E-state index contributed by atoms with van der Waals surface area (Å²) < 4.78 is 8.65. The molecule has 8 aromatic rings. The number of fused-ring (bicyclic) bond motifs is 8. The summed E-state index contributed by atoms with van der Waals surface area (Å²) in [5.41, 5.74) is 7.30. The first-order valence-electron chi connectivity index (χ1n) is 12.5. The molecule has 2 heterocycles. The van der Waals surface area contributed by atoms with Crippen molar-refractivity contribution >= 4 is 65.9 Å². The second-order valence-corrected chi connectivity index (χ2v) is 9.49. The Labute approximate surface area is 213 Å². The van der Waals surface area contributed by atoms with E-state index < -0.39 is 0 Å². The summed E-state index contributed by atoms with van der Waals surface area (Å²) in [6, 6.07) is 44.8. The molecule has 0 spiro atoms. The van der Waals surface area contributed by atoms with E-state index >= 15 is 0 Å². The molecule has 0 amide bonds. The smallest absolute Gasteiger partial charge is 0.158 e. The molecule has 1 N–H and O–H groups in total. The lowest BCUT2D eigenvalue weighted by Gasteiger charge is -2.11. The summed E-state index contributed by atoms with van der Waals surface area (Å²) in [6.07, 6.45) is 0. The van der Waals surface area contributed by atoms with E-state index in [1.54, 1.807) is 0 Å². The van der Waals surface area contributed by atoms with Crippen LogP contribution >= 0.6 is 0 Å². The Hall–Kier alpha value is -5.02. The second kappa shape index (κ2) is 7.74. The number of anilines is 2. The van der Waals surface area contributed by atoms with Gasteiger partial charge in [0.05, 0.1) is 16.7 Å². The molecule has 2 aromatic heterocycles. The molecule has 0 radical (unpaired) electrons. The number of aromatic nitrogens is 1. The van der Waals surface area contributed by atoms with Gasteiger partial charge in [0, 0.05) is 38.3 Å². The van der Waals surface area contributed by atoms with Crippen LogP contribution in [0.5, 0.6) is 0 Å². The van der Waals surface area contributed by atoms with E-state index in [4.69, 9.17) is 4.42 Å². The van der Waals surface area contributed by atoms with Crippen LogP contribution in [0.3, 0.4) is 0 Å². The van der Waals surface area contributed by atoms with Crippen LogP contribution < -0.4 is 5.32 Å². The standard InChI is InChI=1S/C34H22N2O/c1-2-10-24(11-3-1)36-31-21-23(18-20-26(31)28-19-17-22-9-4-5-12-25(22)33(28)36)35-30-15-8-14-29-27-13-6-7-16-32(27)37-34(29)30/h1-21,35H. The molecule has 0 aliphatic rings. The van der Waals surface area contributed by atoms with E-state index in [0.717, 1.165) is 39.0 Å². The van der Waals surface area contributed by atoms with Crippen molar-refractivity contribution in [3.63, 3.8) is 0 Å². The molecule has 0 aliphatic heterocycles. The zero-order chi connectivity index (χ0) is 24.3. The molecule has 37 heavy (non-hydrogen) atoms. The molecule has 3 nitrogen and oxygen atoms in total. The highest BCUT2D eigenvalue weighted by atomic mass is 16.3. The number of hydrogen-bond acceptors (Lipinski definition) is 2. The quantitative estimate of drug-likeness (QED) is 0.276. The highest BCUT2D eigenvalue weighted by Gasteiger charge is 2.16. The Morgan fingerprint density at radius 3 is 2.22 bits per heavy atom. The lowest BCUT2D eigenvalue weighted by atomic mass is 10.1. The topological polar surface area (TPSA) is 30.1 Å². The molecular formula is C34H22N2O. The van der Waals surface area contributed by atoms with E-state index in [1.807, 2.05) is 12.1 Å². The average Bonchev–Trinajstić information content (AvgIpc) is 3.50. The Morgan fingerprint density at radius 1 is 0.541 bits per heavy atom. The maximum atomic E-state index is 6.26. The van der Waals surface area contributed by atoms with Gasteiger partial charge in [-0.05, 0) is 41.8 Å². The first kappa shape index (κ1) is 20.2. The van der Waals surface area contributed by atoms with Crippen LogP contribution in [0.1, 0.15) is 0 Å². The lowest BCUT2D eigenvalue weighted by Crippen LogP contribution is -1.95. The van der Waals surface area contributed by atoms with Gasteiger partial charge in [-0.25, -0.2) is 0 Å². The van der Waals surface area contributed by atoms with E-state index in [-0.39, 0.29) is 0 Å². The Morgan fingerprint density at radius 2 is 1.30 bits per heavy atom. The fraction of sp³-hybridized carbons (Fsp3) is 0. The van der Waals surface area contributed by atoms with Gasteiger partial charge < -0.3 is 14.3 Å². The van der Waals surface area contributed by atoms with Crippen LogP contribution in [-0.2, 0) is 0 Å². The Bertz CT molecular complexity index is 2120. The monoisotopic (exact) mass is 474 g/mol. The van der Waals surface area contributed by atoms with E-state index in [2.05, 4.69) is 125 Å². The third kappa shape index (κ3) is 3.01. The number of benzene rings is 6. The number of rotatable bonds is 3. The highest BCUT2D eigenvalue weighted by Crippen LogP contribution is 2.39. The molecule has 0 saturated carbocycles. The minimum atomic E-state index is 0.874. The van der Waals surface area contributed by atoms with Crippen molar-refractivity contribution < 1.29 is 4.42 Å². The van der Waals surface area contributed by atoms with E-state index in [1.165, 1.54) is 32.6 Å². The van der Waals surface area contributed by atoms with Crippen molar-refractivity contribution in [1.29, 1.82) is 0 Å². The van der Waals surface area contributed by atoms with Crippen LogP contribution in [0, 0.1) is 0 Å². The first-order valence-corrected chi connectivity index (χ1v) is 12.5. The third-order valence-corrected chi connectivity index (χ3v) is 7.35. The van der Waals surface area contributed by atoms with E-state index in [0.29, 0.717) is 0 Å². The van der Waals surface area contributed by atoms with Gasteiger partial charge in [-0.1, -0.05) is 91.0 Å². The minimum Gasteiger partial charge on any atom is -0.454 e. The van der Waals surface area contributed by atoms with Crippen molar-refractivity contribution in [2.24, 2.45) is 0 Å². The predicted octanol–water partition coefficient (Wildman–Crippen LogP) is 9.58. The first-order chi connectivity index (χ1) is 18.3. The van der Waals surface area contributed by atoms with Crippen LogP contribution in [0.25, 0.3) is 60.2 Å². The van der Waals surface area contributed by atoms with Crippen molar-refractivity contribution in [2.45, 2.75) is 0 Å². The summed E-state index contributed by atoms with van der Waals surface area (Å²) in [5.74, 6) is 0. The minimum absolute atomic E-state index is 0.874. The Kier molecular flexibility index (Phi) is 4.23. The fourth-order valence-corrected chi connectivity index (χ4v) is 5.70. The van der Waals surface area contributed by atoms with Gasteiger partial charge >= 0.3 is 0 Å². The number of nitrogens with zero attached hydrogens (tertiary/aromatic N) is 1. The summed E-state index contributed by atoms with van der Waals surface area (Å²) in [6.45, 7) is 0. The maximum absolute atomic E-state index is 6.26. The molecule has 0 bridgehead atoms. The second-order valence-electron chi connectivity index (χ2n) is 9.49. The third-order valence-electron chi connectivity index (χ3n) is 7.35. The molecule has 174 valence electrons. The molecule has 0 aliphatic carbocycles. The van der Waals surface area contributed by atoms with Crippen LogP contribution in [0.15, 0.2) is 132 Å². The summed E-state index contributed by atoms with van der Waals surface area (Å²) >= 11 is 0. The number of nitrogens with one attached hydrogen (secondary N) is 1. The van der Waals surface area contributed by atoms with Gasteiger partial charge in [0.1, 0.15) is 5.58 Å². The molecule has 6 aromatic carbocycles. The number of hydrogen-bond donors (Lipinski definition) is 1. The lowest BCUT2D eigenvalue weighted by molar-refractivity contribution is 0.670. The van der Waals surface area contributed by atoms with Gasteiger partial charge in [0.15, 0.2) is 5.58 Å². The van der Waals surface area contributed by atoms with Gasteiger partial charge in [-0.3, -0.25) is 0 Å². The maximum Gasteiger partial charge on any atom is 0.158 e. The number of para-hydroxylation sites is 3. The zero-order valence-electron chi connectivity index (χ0n) is 20.0. The largest absolute Gasteiger partial charge is 0.454 e. The van der Waals surface area contributed by atoms with Crippen LogP contribution in [-0.4, -0.2) is 4.57 Å². The summed E-state index contributed by atoms with van der Waals surface area (Å²) in [4.78, 5) is 0.